The van der Waals surface area contributed by atoms with E-state index in [1.807, 2.05) is 18.2 Å². The van der Waals surface area contributed by atoms with Gasteiger partial charge in [0.1, 0.15) is 17.3 Å². The number of ether oxygens (including phenoxy) is 1. The number of nitrogens with one attached hydrogen (secondary N) is 1. The number of esters is 1. The molecule has 2 N–H and O–H groups in total. The molecule has 9 heteroatoms. The molecule has 5 fully saturated rings. The quantitative estimate of drug-likeness (QED) is 0.598. The second-order valence-electron chi connectivity index (χ2n) is 11.5. The Kier molecular flexibility index (Phi) is 6.06. The molecule has 2 aromatic rings. The number of anilines is 2. The Labute approximate surface area is 217 Å². The monoisotopic (exact) mass is 505 g/mol. The van der Waals surface area contributed by atoms with Gasteiger partial charge in [0.05, 0.1) is 18.3 Å². The van der Waals surface area contributed by atoms with Crippen molar-refractivity contribution in [1.29, 1.82) is 0 Å². The summed E-state index contributed by atoms with van der Waals surface area (Å²) in [4.78, 5) is 38.6. The minimum atomic E-state index is -0.507. The van der Waals surface area contributed by atoms with Crippen LogP contribution in [-0.4, -0.2) is 71.4 Å². The summed E-state index contributed by atoms with van der Waals surface area (Å²) in [5, 5.41) is 14.2. The highest BCUT2D eigenvalue weighted by Gasteiger charge is 2.55. The van der Waals surface area contributed by atoms with Crippen molar-refractivity contribution in [3.05, 3.63) is 47.8 Å². The number of carbonyl (C=O) groups is 2. The molecule has 0 radical (unpaired) electrons. The summed E-state index contributed by atoms with van der Waals surface area (Å²) in [6.45, 7) is 4.38. The first-order valence-corrected chi connectivity index (χ1v) is 13.4. The van der Waals surface area contributed by atoms with Crippen LogP contribution in [0.25, 0.3) is 0 Å². The van der Waals surface area contributed by atoms with Gasteiger partial charge in [-0.25, -0.2) is 14.8 Å². The summed E-state index contributed by atoms with van der Waals surface area (Å²) < 4.78 is 4.75. The van der Waals surface area contributed by atoms with Crippen molar-refractivity contribution in [2.24, 2.45) is 17.8 Å². The molecular formula is C28H35N5O4. The molecule has 1 saturated heterocycles. The van der Waals surface area contributed by atoms with Gasteiger partial charge >= 0.3 is 5.97 Å². The molecule has 1 aliphatic heterocycles. The van der Waals surface area contributed by atoms with Crippen LogP contribution in [0, 0.1) is 17.8 Å². The maximum atomic E-state index is 13.3. The molecule has 9 nitrogen and oxygen atoms in total. The van der Waals surface area contributed by atoms with Crippen molar-refractivity contribution >= 4 is 23.5 Å². The Morgan fingerprint density at radius 2 is 1.86 bits per heavy atom. The maximum Gasteiger partial charge on any atom is 0.339 e. The lowest BCUT2D eigenvalue weighted by Gasteiger charge is -2.58. The highest BCUT2D eigenvalue weighted by atomic mass is 16.5. The Morgan fingerprint density at radius 3 is 2.51 bits per heavy atom. The molecule has 4 saturated carbocycles. The molecule has 3 atom stereocenters. The average Bonchev–Trinajstić information content (AvgIpc) is 2.89. The van der Waals surface area contributed by atoms with E-state index >= 15 is 0 Å². The standard InChI is InChI=1S/C28H35N5O4/c1-17-16-32(23-7-6-19(15-29-23)27(35)37-2)8-9-33(17)24-5-3-4-22(30-24)26(34)31-25-20-10-18-11-21(25)14-28(36,12-18)13-20/h3-7,15,17-18,20-21,25,36H,8-14,16H2,1-2H3,(H,31,34)/t17-,18?,20-,21-,25?,28?/m1/s1. The number of pyridine rings is 2. The van der Waals surface area contributed by atoms with Crippen LogP contribution in [-0.2, 0) is 4.74 Å². The van der Waals surface area contributed by atoms with Crippen LogP contribution in [0.3, 0.4) is 0 Å². The third-order valence-corrected chi connectivity index (χ3v) is 8.92. The van der Waals surface area contributed by atoms with Crippen molar-refractivity contribution in [1.82, 2.24) is 15.3 Å². The fraction of sp³-hybridized carbons (Fsp3) is 0.571. The molecule has 3 heterocycles. The predicted molar refractivity (Wildman–Crippen MR) is 139 cm³/mol. The van der Waals surface area contributed by atoms with Gasteiger partial charge in [0.15, 0.2) is 0 Å². The number of aliphatic hydroxyl groups is 1. The van der Waals surface area contributed by atoms with E-state index in [4.69, 9.17) is 9.72 Å². The predicted octanol–water partition coefficient (Wildman–Crippen LogP) is 2.65. The van der Waals surface area contributed by atoms with Crippen molar-refractivity contribution in [3.8, 4) is 0 Å². The van der Waals surface area contributed by atoms with Gasteiger partial charge in [-0.1, -0.05) is 6.07 Å². The van der Waals surface area contributed by atoms with Gasteiger partial charge in [-0.2, -0.15) is 0 Å². The SMILES string of the molecule is COC(=O)c1ccc(N2CCN(c3cccc(C(=O)NC4[C@@H]5CC6C[C@@H]4CC(O)(C6)C5)n3)[C@H](C)C2)nc1. The smallest absolute Gasteiger partial charge is 0.339 e. The van der Waals surface area contributed by atoms with Crippen molar-refractivity contribution in [2.75, 3.05) is 36.5 Å². The molecule has 0 unspecified atom stereocenters. The summed E-state index contributed by atoms with van der Waals surface area (Å²) in [5.74, 6) is 2.45. The van der Waals surface area contributed by atoms with Crippen LogP contribution in [0.1, 0.15) is 59.9 Å². The second kappa shape index (κ2) is 9.28. The molecule has 2 aromatic heterocycles. The lowest BCUT2D eigenvalue weighted by Crippen LogP contribution is -2.61. The number of hydrogen-bond donors (Lipinski definition) is 2. The average molecular weight is 506 g/mol. The maximum absolute atomic E-state index is 13.3. The summed E-state index contributed by atoms with van der Waals surface area (Å²) in [7, 11) is 1.36. The van der Waals surface area contributed by atoms with Gasteiger partial charge in [-0.3, -0.25) is 4.79 Å². The van der Waals surface area contributed by atoms with Crippen molar-refractivity contribution in [3.63, 3.8) is 0 Å². The fourth-order valence-corrected chi connectivity index (χ4v) is 7.47. The zero-order valence-corrected chi connectivity index (χ0v) is 21.5. The molecule has 37 heavy (non-hydrogen) atoms. The molecular weight excluding hydrogens is 470 g/mol. The largest absolute Gasteiger partial charge is 0.465 e. The Morgan fingerprint density at radius 1 is 1.08 bits per heavy atom. The van der Waals surface area contributed by atoms with E-state index in [0.29, 0.717) is 29.0 Å². The lowest BCUT2D eigenvalue weighted by atomic mass is 9.52. The number of piperazine rings is 1. The van der Waals surface area contributed by atoms with Crippen LogP contribution in [0.5, 0.6) is 0 Å². The third kappa shape index (κ3) is 4.54. The van der Waals surface area contributed by atoms with Crippen LogP contribution in [0.2, 0.25) is 0 Å². The Bertz CT molecular complexity index is 1170. The van der Waals surface area contributed by atoms with Crippen LogP contribution in [0.15, 0.2) is 36.5 Å². The minimum absolute atomic E-state index is 0.118. The highest BCUT2D eigenvalue weighted by Crippen LogP contribution is 2.55. The molecule has 4 aliphatic carbocycles. The van der Waals surface area contributed by atoms with E-state index < -0.39 is 11.6 Å². The van der Waals surface area contributed by atoms with Gasteiger partial charge in [0, 0.05) is 37.9 Å². The number of carbonyl (C=O) groups excluding carboxylic acids is 2. The zero-order chi connectivity index (χ0) is 25.7. The summed E-state index contributed by atoms with van der Waals surface area (Å²) in [6.07, 6.45) is 6.32. The van der Waals surface area contributed by atoms with Crippen molar-refractivity contribution in [2.45, 2.75) is 56.7 Å². The van der Waals surface area contributed by atoms with E-state index in [1.54, 1.807) is 18.3 Å². The van der Waals surface area contributed by atoms with E-state index in [1.165, 1.54) is 7.11 Å². The van der Waals surface area contributed by atoms with E-state index in [9.17, 15) is 14.7 Å². The molecule has 196 valence electrons. The fourth-order valence-electron chi connectivity index (χ4n) is 7.47. The molecule has 0 spiro atoms. The number of methoxy groups -OCH3 is 1. The second-order valence-corrected chi connectivity index (χ2v) is 11.5. The summed E-state index contributed by atoms with van der Waals surface area (Å²) in [5.41, 5.74) is 0.369. The van der Waals surface area contributed by atoms with E-state index in [0.717, 1.165) is 63.4 Å². The van der Waals surface area contributed by atoms with Gasteiger partial charge in [-0.15, -0.1) is 0 Å². The zero-order valence-electron chi connectivity index (χ0n) is 21.5. The lowest BCUT2D eigenvalue weighted by molar-refractivity contribution is -0.136. The number of amides is 1. The number of rotatable bonds is 5. The van der Waals surface area contributed by atoms with E-state index in [2.05, 4.69) is 27.0 Å². The molecule has 4 bridgehead atoms. The number of hydrogen-bond acceptors (Lipinski definition) is 8. The van der Waals surface area contributed by atoms with Crippen LogP contribution >= 0.6 is 0 Å². The van der Waals surface area contributed by atoms with Crippen molar-refractivity contribution < 1.29 is 19.4 Å². The van der Waals surface area contributed by atoms with Gasteiger partial charge in [0.25, 0.3) is 5.91 Å². The normalized spacial score (nSPS) is 32.4. The first-order chi connectivity index (χ1) is 17.8. The topological polar surface area (TPSA) is 108 Å². The Hall–Kier alpha value is -3.20. The number of aromatic nitrogens is 2. The molecule has 1 amide bonds. The molecule has 5 aliphatic rings. The third-order valence-electron chi connectivity index (χ3n) is 8.92. The van der Waals surface area contributed by atoms with Gasteiger partial charge in [-0.05, 0) is 81.0 Å². The molecule has 0 aromatic carbocycles. The Balaban J connectivity index is 1.10. The summed E-state index contributed by atoms with van der Waals surface area (Å²) in [6, 6.07) is 9.53. The minimum Gasteiger partial charge on any atom is -0.465 e. The number of nitrogens with zero attached hydrogens (tertiary/aromatic N) is 4. The first kappa shape index (κ1) is 24.2. The highest BCUT2D eigenvalue weighted by molar-refractivity contribution is 5.93. The van der Waals surface area contributed by atoms with Crippen LogP contribution < -0.4 is 15.1 Å². The van der Waals surface area contributed by atoms with Gasteiger partial charge < -0.3 is 25.0 Å². The first-order valence-electron chi connectivity index (χ1n) is 13.4. The van der Waals surface area contributed by atoms with Crippen LogP contribution in [0.4, 0.5) is 11.6 Å². The van der Waals surface area contributed by atoms with E-state index in [-0.39, 0.29) is 18.0 Å². The summed E-state index contributed by atoms with van der Waals surface area (Å²) >= 11 is 0. The van der Waals surface area contributed by atoms with Gasteiger partial charge in [0.2, 0.25) is 0 Å². The molecule has 7 rings (SSSR count).